The van der Waals surface area contributed by atoms with Gasteiger partial charge in [-0.05, 0) is 43.0 Å². The molecular weight excluding hydrogens is 240 g/mol. The van der Waals surface area contributed by atoms with Gasteiger partial charge in [-0.1, -0.05) is 0 Å². The number of nitrogens with two attached hydrogens (primary N) is 1. The van der Waals surface area contributed by atoms with E-state index in [2.05, 4.69) is 25.3 Å². The summed E-state index contributed by atoms with van der Waals surface area (Å²) in [5.41, 5.74) is 6.60. The van der Waals surface area contributed by atoms with Crippen LogP contribution in [0.25, 0.3) is 0 Å². The highest BCUT2D eigenvalue weighted by Gasteiger charge is 2.24. The Balaban J connectivity index is 1.62. The maximum Gasteiger partial charge on any atom is 0.151 e. The van der Waals surface area contributed by atoms with Crippen molar-refractivity contribution >= 4 is 11.6 Å². The van der Waals surface area contributed by atoms with E-state index in [-0.39, 0.29) is 0 Å². The van der Waals surface area contributed by atoms with Gasteiger partial charge in [0.05, 0.1) is 5.69 Å². The molecule has 0 amide bonds. The van der Waals surface area contributed by atoms with Crippen LogP contribution in [0.15, 0.2) is 30.5 Å². The van der Waals surface area contributed by atoms with Crippen molar-refractivity contribution < 1.29 is 0 Å². The monoisotopic (exact) mass is 256 g/mol. The van der Waals surface area contributed by atoms with Gasteiger partial charge in [0.25, 0.3) is 0 Å². The second kappa shape index (κ2) is 5.17. The summed E-state index contributed by atoms with van der Waals surface area (Å²) in [6.07, 6.45) is 3.81. The van der Waals surface area contributed by atoms with Crippen molar-refractivity contribution in [1.29, 1.82) is 0 Å². The highest BCUT2D eigenvalue weighted by atomic mass is 15.3. The van der Waals surface area contributed by atoms with Gasteiger partial charge < -0.3 is 10.6 Å². The van der Waals surface area contributed by atoms with Gasteiger partial charge in [0.2, 0.25) is 0 Å². The molecule has 0 spiro atoms. The van der Waals surface area contributed by atoms with Gasteiger partial charge in [0.1, 0.15) is 5.82 Å². The van der Waals surface area contributed by atoms with Crippen LogP contribution in [0.5, 0.6) is 0 Å². The van der Waals surface area contributed by atoms with Crippen LogP contribution in [0.4, 0.5) is 11.6 Å². The summed E-state index contributed by atoms with van der Waals surface area (Å²) in [6.45, 7) is 1.98. The molecule has 1 aliphatic heterocycles. The summed E-state index contributed by atoms with van der Waals surface area (Å²) in [6, 6.07) is 7.67. The average Bonchev–Trinajstić information content (AvgIpc) is 2.89. The van der Waals surface area contributed by atoms with Crippen molar-refractivity contribution in [1.82, 2.24) is 20.4 Å². The van der Waals surface area contributed by atoms with Crippen molar-refractivity contribution in [2.45, 2.75) is 12.8 Å². The normalized spacial score (nSPS) is 18.7. The van der Waals surface area contributed by atoms with Crippen LogP contribution in [0.3, 0.4) is 0 Å². The molecule has 6 heteroatoms. The van der Waals surface area contributed by atoms with E-state index < -0.39 is 0 Å². The number of rotatable bonds is 3. The molecule has 2 aromatic heterocycles. The first-order chi connectivity index (χ1) is 9.31. The van der Waals surface area contributed by atoms with E-state index in [0.717, 1.165) is 37.4 Å². The lowest BCUT2D eigenvalue weighted by Gasteiger charge is -2.16. The molecule has 0 bridgehead atoms. The first kappa shape index (κ1) is 11.8. The van der Waals surface area contributed by atoms with Crippen molar-refractivity contribution in [3.05, 3.63) is 36.2 Å². The number of nitrogens with zero attached hydrogens (tertiary/aromatic N) is 5. The van der Waals surface area contributed by atoms with Crippen molar-refractivity contribution in [2.24, 2.45) is 5.92 Å². The summed E-state index contributed by atoms with van der Waals surface area (Å²) in [5.74, 6) is 1.95. The van der Waals surface area contributed by atoms with E-state index >= 15 is 0 Å². The van der Waals surface area contributed by atoms with E-state index in [4.69, 9.17) is 5.73 Å². The van der Waals surface area contributed by atoms with Gasteiger partial charge in [-0.15, -0.1) is 10.2 Å². The van der Waals surface area contributed by atoms with Crippen molar-refractivity contribution in [3.63, 3.8) is 0 Å². The Bertz CT molecular complexity index is 527. The fourth-order valence-corrected chi connectivity index (χ4v) is 2.45. The van der Waals surface area contributed by atoms with E-state index in [1.807, 2.05) is 18.2 Å². The van der Waals surface area contributed by atoms with Gasteiger partial charge in [-0.25, -0.2) is 0 Å². The van der Waals surface area contributed by atoms with E-state index in [0.29, 0.717) is 11.7 Å². The lowest BCUT2D eigenvalue weighted by molar-refractivity contribution is 0.572. The average molecular weight is 256 g/mol. The van der Waals surface area contributed by atoms with Gasteiger partial charge in [0, 0.05) is 19.3 Å². The quantitative estimate of drug-likeness (QED) is 0.879. The van der Waals surface area contributed by atoms with Crippen molar-refractivity contribution in [3.8, 4) is 0 Å². The van der Waals surface area contributed by atoms with Gasteiger partial charge in [-0.2, -0.15) is 10.2 Å². The van der Waals surface area contributed by atoms with Crippen LogP contribution in [-0.2, 0) is 6.42 Å². The molecule has 2 N–H and O–H groups in total. The number of nitrogen functional groups attached to an aromatic ring is 1. The summed E-state index contributed by atoms with van der Waals surface area (Å²) < 4.78 is 0. The van der Waals surface area contributed by atoms with Crippen LogP contribution in [0, 0.1) is 5.92 Å². The Labute approximate surface area is 111 Å². The number of anilines is 2. The third-order valence-corrected chi connectivity index (χ3v) is 3.41. The number of hydrogen-bond donors (Lipinski definition) is 1. The molecule has 2 aromatic rings. The maximum atomic E-state index is 5.55. The second-order valence-electron chi connectivity index (χ2n) is 4.84. The predicted molar refractivity (Wildman–Crippen MR) is 72.5 cm³/mol. The Morgan fingerprint density at radius 3 is 2.89 bits per heavy atom. The van der Waals surface area contributed by atoms with Crippen LogP contribution >= 0.6 is 0 Å². The number of aromatic nitrogens is 4. The largest absolute Gasteiger partial charge is 0.382 e. The van der Waals surface area contributed by atoms with Crippen LogP contribution in [-0.4, -0.2) is 33.5 Å². The molecule has 0 unspecified atom stereocenters. The topological polar surface area (TPSA) is 80.8 Å². The third kappa shape index (κ3) is 2.78. The third-order valence-electron chi connectivity index (χ3n) is 3.41. The standard InChI is InChI=1S/C13H16N6/c14-12-3-4-13(18-17-12)19-7-5-10(9-19)8-11-2-1-6-15-16-11/h1-4,6,10H,5,7-9H2,(H2,14,17)/t10-/m0/s1. The van der Waals surface area contributed by atoms with E-state index in [9.17, 15) is 0 Å². The highest BCUT2D eigenvalue weighted by molar-refractivity contribution is 5.42. The minimum Gasteiger partial charge on any atom is -0.382 e. The minimum absolute atomic E-state index is 0.457. The Morgan fingerprint density at radius 2 is 2.16 bits per heavy atom. The molecule has 1 atom stereocenters. The maximum absolute atomic E-state index is 5.55. The van der Waals surface area contributed by atoms with Gasteiger partial charge in [-0.3, -0.25) is 0 Å². The lowest BCUT2D eigenvalue weighted by Crippen LogP contribution is -2.21. The van der Waals surface area contributed by atoms with Gasteiger partial charge >= 0.3 is 0 Å². The fourth-order valence-electron chi connectivity index (χ4n) is 2.45. The molecule has 98 valence electrons. The van der Waals surface area contributed by atoms with Crippen LogP contribution in [0.1, 0.15) is 12.1 Å². The Morgan fingerprint density at radius 1 is 1.21 bits per heavy atom. The molecule has 1 saturated heterocycles. The zero-order valence-electron chi connectivity index (χ0n) is 10.6. The fraction of sp³-hybridized carbons (Fsp3) is 0.385. The molecule has 3 heterocycles. The molecule has 3 rings (SSSR count). The predicted octanol–water partition coefficient (Wildman–Crippen LogP) is 0.918. The van der Waals surface area contributed by atoms with E-state index in [1.54, 1.807) is 12.3 Å². The van der Waals surface area contributed by atoms with E-state index in [1.165, 1.54) is 0 Å². The molecule has 1 fully saturated rings. The lowest BCUT2D eigenvalue weighted by atomic mass is 10.0. The zero-order chi connectivity index (χ0) is 13.1. The smallest absolute Gasteiger partial charge is 0.151 e. The Kier molecular flexibility index (Phi) is 3.22. The molecule has 1 aliphatic rings. The molecular formula is C13H16N6. The molecule has 0 aliphatic carbocycles. The van der Waals surface area contributed by atoms with Crippen LogP contribution < -0.4 is 10.6 Å². The second-order valence-corrected chi connectivity index (χ2v) is 4.84. The van der Waals surface area contributed by atoms with Gasteiger partial charge in [0.15, 0.2) is 5.82 Å². The highest BCUT2D eigenvalue weighted by Crippen LogP contribution is 2.24. The first-order valence-electron chi connectivity index (χ1n) is 6.42. The summed E-state index contributed by atoms with van der Waals surface area (Å²) >= 11 is 0. The summed E-state index contributed by atoms with van der Waals surface area (Å²) in [5, 5.41) is 16.1. The molecule has 0 saturated carbocycles. The summed E-state index contributed by atoms with van der Waals surface area (Å²) in [4.78, 5) is 2.24. The van der Waals surface area contributed by atoms with Crippen molar-refractivity contribution in [2.75, 3.05) is 23.7 Å². The SMILES string of the molecule is Nc1ccc(N2CC[C@@H](Cc3cccnn3)C2)nn1. The summed E-state index contributed by atoms with van der Waals surface area (Å²) in [7, 11) is 0. The first-order valence-corrected chi connectivity index (χ1v) is 6.42. The Hall–Kier alpha value is -2.24. The minimum atomic E-state index is 0.457. The number of hydrogen-bond acceptors (Lipinski definition) is 6. The molecule has 19 heavy (non-hydrogen) atoms. The van der Waals surface area contributed by atoms with Crippen LogP contribution in [0.2, 0.25) is 0 Å². The zero-order valence-corrected chi connectivity index (χ0v) is 10.6. The molecule has 6 nitrogen and oxygen atoms in total. The molecule has 0 radical (unpaired) electrons. The molecule has 0 aromatic carbocycles.